The molecule has 0 saturated carbocycles. The van der Waals surface area contributed by atoms with Gasteiger partial charge in [-0.05, 0) is 12.8 Å². The van der Waals surface area contributed by atoms with Gasteiger partial charge in [0.05, 0.1) is 38.8 Å². The first kappa shape index (κ1) is 19.2. The summed E-state index contributed by atoms with van der Waals surface area (Å²) in [6.07, 6.45) is 4.11. The highest BCUT2D eigenvalue weighted by Gasteiger charge is 2.25. The van der Waals surface area contributed by atoms with Crippen LogP contribution in [-0.4, -0.2) is 44.0 Å². The van der Waals surface area contributed by atoms with Crippen LogP contribution in [0.1, 0.15) is 32.6 Å². The zero-order valence-electron chi connectivity index (χ0n) is 12.9. The second-order valence-electron chi connectivity index (χ2n) is 4.50. The van der Waals surface area contributed by atoms with Crippen molar-refractivity contribution < 1.29 is 28.9 Å². The number of methoxy groups -OCH3 is 2. The Hall–Kier alpha value is -1.82. The summed E-state index contributed by atoms with van der Waals surface area (Å²) in [5.74, 6) is -0.781. The van der Waals surface area contributed by atoms with Crippen molar-refractivity contribution in [2.45, 2.75) is 38.7 Å². The predicted octanol–water partition coefficient (Wildman–Crippen LogP) is 2.30. The summed E-state index contributed by atoms with van der Waals surface area (Å²) in [7, 11) is 2.65. The van der Waals surface area contributed by atoms with Crippen molar-refractivity contribution in [2.75, 3.05) is 20.8 Å². The number of rotatable bonds is 7. The van der Waals surface area contributed by atoms with Crippen molar-refractivity contribution in [1.82, 2.24) is 0 Å². The number of epoxide rings is 1. The van der Waals surface area contributed by atoms with Crippen LogP contribution in [0.25, 0.3) is 0 Å². The van der Waals surface area contributed by atoms with Crippen molar-refractivity contribution in [2.24, 2.45) is 0 Å². The van der Waals surface area contributed by atoms with Gasteiger partial charge in [0, 0.05) is 12.0 Å². The minimum Gasteiger partial charge on any atom is -0.515 e. The molecule has 1 N–H and O–H groups in total. The Morgan fingerprint density at radius 1 is 1.33 bits per heavy atom. The van der Waals surface area contributed by atoms with Crippen molar-refractivity contribution >= 4 is 11.9 Å². The summed E-state index contributed by atoms with van der Waals surface area (Å²) in [5, 5.41) is 8.59. The van der Waals surface area contributed by atoms with Gasteiger partial charge < -0.3 is 19.3 Å². The zero-order valence-corrected chi connectivity index (χ0v) is 12.9. The summed E-state index contributed by atoms with van der Waals surface area (Å²) in [4.78, 5) is 21.5. The molecule has 1 fully saturated rings. The van der Waals surface area contributed by atoms with E-state index in [2.05, 4.69) is 16.1 Å². The first-order valence-corrected chi connectivity index (χ1v) is 6.79. The third-order valence-electron chi connectivity index (χ3n) is 2.75. The van der Waals surface area contributed by atoms with Crippen LogP contribution >= 0.6 is 0 Å². The largest absolute Gasteiger partial charge is 0.515 e. The maximum absolute atomic E-state index is 10.8. The summed E-state index contributed by atoms with van der Waals surface area (Å²) in [5.41, 5.74) is 0.833. The van der Waals surface area contributed by atoms with E-state index >= 15 is 0 Å². The van der Waals surface area contributed by atoms with Crippen LogP contribution in [0.5, 0.6) is 0 Å². The smallest absolute Gasteiger partial charge is 0.336 e. The minimum absolute atomic E-state index is 0.214. The Balaban J connectivity index is 0.000000382. The molecule has 1 saturated heterocycles. The molecule has 1 unspecified atom stereocenters. The normalized spacial score (nSPS) is 16.3. The maximum atomic E-state index is 10.8. The van der Waals surface area contributed by atoms with E-state index in [1.165, 1.54) is 14.2 Å². The SMILES string of the molecule is C=C(CC1CO1)C(=O)OC.CCCCC(=CO)C(=O)OC. The first-order chi connectivity index (χ1) is 9.99. The number of carbonyl (C=O) groups excluding carboxylic acids is 2. The number of unbranched alkanes of at least 4 members (excludes halogenated alkanes) is 1. The van der Waals surface area contributed by atoms with Gasteiger partial charge in [-0.25, -0.2) is 9.59 Å². The number of hydrogen-bond donors (Lipinski definition) is 1. The van der Waals surface area contributed by atoms with Crippen molar-refractivity contribution in [1.29, 1.82) is 0 Å². The number of carbonyl (C=O) groups is 2. The molecule has 1 atom stereocenters. The van der Waals surface area contributed by atoms with Crippen molar-refractivity contribution in [3.8, 4) is 0 Å². The van der Waals surface area contributed by atoms with E-state index in [-0.39, 0.29) is 12.1 Å². The lowest BCUT2D eigenvalue weighted by Crippen LogP contribution is -2.05. The lowest BCUT2D eigenvalue weighted by Gasteiger charge is -2.01. The van der Waals surface area contributed by atoms with E-state index in [1.54, 1.807) is 0 Å². The molecule has 0 aromatic rings. The fourth-order valence-electron chi connectivity index (χ4n) is 1.41. The first-order valence-electron chi connectivity index (χ1n) is 6.79. The molecule has 0 aromatic carbocycles. The van der Waals surface area contributed by atoms with Gasteiger partial charge in [0.2, 0.25) is 0 Å². The molecule has 1 aliphatic heterocycles. The molecule has 6 heteroatoms. The minimum atomic E-state index is -0.444. The Kier molecular flexibility index (Phi) is 9.96. The van der Waals surface area contributed by atoms with Crippen LogP contribution in [0.3, 0.4) is 0 Å². The number of hydrogen-bond acceptors (Lipinski definition) is 6. The van der Waals surface area contributed by atoms with E-state index in [4.69, 9.17) is 9.84 Å². The highest BCUT2D eigenvalue weighted by molar-refractivity contribution is 5.88. The van der Waals surface area contributed by atoms with Gasteiger partial charge in [-0.1, -0.05) is 19.9 Å². The molecule has 1 rings (SSSR count). The number of aliphatic hydroxyl groups excluding tert-OH is 1. The fraction of sp³-hybridized carbons (Fsp3) is 0.600. The lowest BCUT2D eigenvalue weighted by molar-refractivity contribution is -0.137. The highest BCUT2D eigenvalue weighted by atomic mass is 16.6. The van der Waals surface area contributed by atoms with Gasteiger partial charge in [0.1, 0.15) is 0 Å². The second-order valence-corrected chi connectivity index (χ2v) is 4.50. The molecule has 0 amide bonds. The molecular formula is C15H24O6. The van der Waals surface area contributed by atoms with E-state index in [0.717, 1.165) is 25.7 Å². The molecule has 1 heterocycles. The van der Waals surface area contributed by atoms with Crippen LogP contribution in [0.15, 0.2) is 24.0 Å². The van der Waals surface area contributed by atoms with Crippen molar-refractivity contribution in [3.63, 3.8) is 0 Å². The molecular weight excluding hydrogens is 276 g/mol. The van der Waals surface area contributed by atoms with Crippen LogP contribution < -0.4 is 0 Å². The van der Waals surface area contributed by atoms with E-state index < -0.39 is 5.97 Å². The Morgan fingerprint density at radius 2 is 1.90 bits per heavy atom. The summed E-state index contributed by atoms with van der Waals surface area (Å²) < 4.78 is 13.8. The van der Waals surface area contributed by atoms with E-state index in [9.17, 15) is 9.59 Å². The average Bonchev–Trinajstić information content (AvgIpc) is 3.31. The maximum Gasteiger partial charge on any atom is 0.336 e. The van der Waals surface area contributed by atoms with Gasteiger partial charge in [-0.15, -0.1) is 0 Å². The van der Waals surface area contributed by atoms with Gasteiger partial charge in [0.15, 0.2) is 0 Å². The topological polar surface area (TPSA) is 85.4 Å². The van der Waals surface area contributed by atoms with Crippen LogP contribution in [0.4, 0.5) is 0 Å². The predicted molar refractivity (Wildman–Crippen MR) is 77.8 cm³/mol. The number of ether oxygens (including phenoxy) is 3. The third kappa shape index (κ3) is 8.86. The zero-order chi connectivity index (χ0) is 16.3. The lowest BCUT2D eigenvalue weighted by atomic mass is 10.1. The quantitative estimate of drug-likeness (QED) is 0.336. The summed E-state index contributed by atoms with van der Waals surface area (Å²) in [6, 6.07) is 0. The van der Waals surface area contributed by atoms with Crippen LogP contribution in [-0.2, 0) is 23.8 Å². The van der Waals surface area contributed by atoms with E-state index in [1.807, 2.05) is 6.92 Å². The van der Waals surface area contributed by atoms with Gasteiger partial charge in [-0.3, -0.25) is 0 Å². The molecule has 120 valence electrons. The average molecular weight is 300 g/mol. The van der Waals surface area contributed by atoms with Crippen LogP contribution in [0.2, 0.25) is 0 Å². The molecule has 0 bridgehead atoms. The Labute approximate surface area is 125 Å². The number of aliphatic hydroxyl groups is 1. The second kappa shape index (κ2) is 10.9. The standard InChI is InChI=1S/C8H14O3.C7H10O3/c1-3-4-5-7(6-9)8(10)11-2;1-5(7(8)9-2)3-6-4-10-6/h6,9H,3-5H2,1-2H3;6H,1,3-4H2,2H3. The monoisotopic (exact) mass is 300 g/mol. The van der Waals surface area contributed by atoms with Crippen molar-refractivity contribution in [3.05, 3.63) is 24.0 Å². The van der Waals surface area contributed by atoms with Gasteiger partial charge >= 0.3 is 11.9 Å². The molecule has 1 aliphatic rings. The third-order valence-corrected chi connectivity index (χ3v) is 2.75. The summed E-state index contributed by atoms with van der Waals surface area (Å²) in [6.45, 7) is 6.32. The van der Waals surface area contributed by atoms with E-state index in [0.29, 0.717) is 24.0 Å². The molecule has 6 nitrogen and oxygen atoms in total. The molecule has 0 aromatic heterocycles. The number of esters is 2. The molecule has 21 heavy (non-hydrogen) atoms. The highest BCUT2D eigenvalue weighted by Crippen LogP contribution is 2.18. The van der Waals surface area contributed by atoms with Crippen LogP contribution in [0, 0.1) is 0 Å². The van der Waals surface area contributed by atoms with Gasteiger partial charge in [-0.2, -0.15) is 0 Å². The Morgan fingerprint density at radius 3 is 2.29 bits per heavy atom. The fourth-order valence-corrected chi connectivity index (χ4v) is 1.41. The summed E-state index contributed by atoms with van der Waals surface area (Å²) >= 11 is 0. The van der Waals surface area contributed by atoms with Gasteiger partial charge in [0.25, 0.3) is 0 Å². The molecule has 0 aliphatic carbocycles. The molecule has 0 radical (unpaired) electrons. The molecule has 0 spiro atoms. The Bertz CT molecular complexity index is 382.